The number of fused-ring (bicyclic) bond motifs is 1. The number of pyridine rings is 1. The predicted molar refractivity (Wildman–Crippen MR) is 109 cm³/mol. The van der Waals surface area contributed by atoms with Crippen LogP contribution in [-0.4, -0.2) is 20.0 Å². The van der Waals surface area contributed by atoms with Gasteiger partial charge < -0.3 is 4.57 Å². The molecule has 0 aliphatic heterocycles. The molecular formula is C21H18N4O2S. The van der Waals surface area contributed by atoms with E-state index >= 15 is 0 Å². The van der Waals surface area contributed by atoms with Gasteiger partial charge in [0, 0.05) is 25.7 Å². The Hall–Kier alpha value is -3.32. The van der Waals surface area contributed by atoms with Crippen LogP contribution >= 0.6 is 11.3 Å². The smallest absolute Gasteiger partial charge is 0.262 e. The van der Waals surface area contributed by atoms with Crippen LogP contribution in [0.3, 0.4) is 0 Å². The minimum atomic E-state index is -0.273. The summed E-state index contributed by atoms with van der Waals surface area (Å²) < 4.78 is 3.39. The highest BCUT2D eigenvalue weighted by Gasteiger charge is 2.07. The summed E-state index contributed by atoms with van der Waals surface area (Å²) in [4.78, 5) is 34.0. The number of benzene rings is 1. The largest absolute Gasteiger partial charge is 0.329 e. The molecular weight excluding hydrogens is 372 g/mol. The number of aryl methyl sites for hydroxylation is 1. The number of hydrogen-bond donors (Lipinski definition) is 0. The van der Waals surface area contributed by atoms with Crippen LogP contribution in [0, 0.1) is 0 Å². The maximum Gasteiger partial charge on any atom is 0.262 e. The first kappa shape index (κ1) is 18.1. The van der Waals surface area contributed by atoms with E-state index in [1.165, 1.54) is 22.2 Å². The van der Waals surface area contributed by atoms with Crippen molar-refractivity contribution in [3.8, 4) is 0 Å². The van der Waals surface area contributed by atoms with Gasteiger partial charge in [-0.1, -0.05) is 36.4 Å². The van der Waals surface area contributed by atoms with Gasteiger partial charge in [-0.3, -0.25) is 14.2 Å². The molecule has 0 radical (unpaired) electrons. The van der Waals surface area contributed by atoms with Crippen molar-refractivity contribution in [3.05, 3.63) is 93.9 Å². The molecule has 0 unspecified atom stereocenters. The summed E-state index contributed by atoms with van der Waals surface area (Å²) in [6.45, 7) is 0.886. The number of amides is 1. The molecule has 1 amide bonds. The van der Waals surface area contributed by atoms with Crippen LogP contribution in [0.5, 0.6) is 0 Å². The second-order valence-corrected chi connectivity index (χ2v) is 7.20. The van der Waals surface area contributed by atoms with E-state index in [0.29, 0.717) is 22.2 Å². The molecule has 0 spiro atoms. The molecule has 6 nitrogen and oxygen atoms in total. The van der Waals surface area contributed by atoms with Crippen molar-refractivity contribution in [1.82, 2.24) is 14.1 Å². The SMILES string of the molecule is O=C(CCn1cnc2sccc2c1=O)N=c1ccccn1Cc1ccccc1. The Labute approximate surface area is 165 Å². The summed E-state index contributed by atoms with van der Waals surface area (Å²) in [7, 11) is 0. The highest BCUT2D eigenvalue weighted by molar-refractivity contribution is 7.16. The zero-order valence-corrected chi connectivity index (χ0v) is 15.9. The van der Waals surface area contributed by atoms with Crippen molar-refractivity contribution in [3.63, 3.8) is 0 Å². The molecule has 4 rings (SSSR count). The third-order valence-corrected chi connectivity index (χ3v) is 5.19. The molecule has 0 fully saturated rings. The molecule has 0 N–H and O–H groups in total. The quantitative estimate of drug-likeness (QED) is 0.526. The third kappa shape index (κ3) is 3.99. The lowest BCUT2D eigenvalue weighted by molar-refractivity contribution is -0.118. The van der Waals surface area contributed by atoms with Crippen molar-refractivity contribution >= 4 is 27.5 Å². The Kier molecular flexibility index (Phi) is 5.25. The molecule has 4 aromatic rings. The number of carbonyl (C=O) groups excluding carboxylic acids is 1. The van der Waals surface area contributed by atoms with Crippen molar-refractivity contribution in [1.29, 1.82) is 0 Å². The van der Waals surface area contributed by atoms with Crippen LogP contribution < -0.4 is 11.0 Å². The Morgan fingerprint density at radius 1 is 1.04 bits per heavy atom. The van der Waals surface area contributed by atoms with Crippen LogP contribution in [-0.2, 0) is 17.9 Å². The molecule has 0 saturated heterocycles. The second kappa shape index (κ2) is 8.14. The van der Waals surface area contributed by atoms with Crippen LogP contribution in [0.25, 0.3) is 10.2 Å². The Morgan fingerprint density at radius 3 is 2.71 bits per heavy atom. The molecule has 0 atom stereocenters. The maximum absolute atomic E-state index is 12.4. The molecule has 1 aromatic carbocycles. The second-order valence-electron chi connectivity index (χ2n) is 6.31. The Morgan fingerprint density at radius 2 is 1.86 bits per heavy atom. The fourth-order valence-electron chi connectivity index (χ4n) is 2.93. The van der Waals surface area contributed by atoms with Gasteiger partial charge in [0.2, 0.25) is 5.91 Å². The summed E-state index contributed by atoms with van der Waals surface area (Å²) >= 11 is 1.43. The Balaban J connectivity index is 1.52. The number of nitrogens with zero attached hydrogens (tertiary/aromatic N) is 4. The van der Waals surface area contributed by atoms with Gasteiger partial charge in [-0.25, -0.2) is 4.98 Å². The lowest BCUT2D eigenvalue weighted by Gasteiger charge is -2.07. The standard InChI is InChI=1S/C21H18N4O2S/c26-19(9-12-25-15-22-20-17(21(25)27)10-13-28-20)23-18-8-4-5-11-24(18)14-16-6-2-1-3-7-16/h1-8,10-11,13,15H,9,12,14H2. The topological polar surface area (TPSA) is 69.2 Å². The van der Waals surface area contributed by atoms with Crippen molar-refractivity contribution in [2.45, 2.75) is 19.5 Å². The Bertz CT molecular complexity index is 1240. The van der Waals surface area contributed by atoms with Gasteiger partial charge in [0.25, 0.3) is 5.56 Å². The first-order chi connectivity index (χ1) is 13.7. The lowest BCUT2D eigenvalue weighted by atomic mass is 10.2. The predicted octanol–water partition coefficient (Wildman–Crippen LogP) is 2.83. The van der Waals surface area contributed by atoms with Gasteiger partial charge in [0.1, 0.15) is 10.3 Å². The van der Waals surface area contributed by atoms with Gasteiger partial charge in [-0.05, 0) is 29.1 Å². The van der Waals surface area contributed by atoms with Gasteiger partial charge in [-0.2, -0.15) is 4.99 Å². The van der Waals surface area contributed by atoms with Gasteiger partial charge >= 0.3 is 0 Å². The summed E-state index contributed by atoms with van der Waals surface area (Å²) in [5.74, 6) is -0.273. The molecule has 28 heavy (non-hydrogen) atoms. The van der Waals surface area contributed by atoms with E-state index in [-0.39, 0.29) is 24.4 Å². The van der Waals surface area contributed by atoms with E-state index in [0.717, 1.165) is 5.56 Å². The highest BCUT2D eigenvalue weighted by Crippen LogP contribution is 2.13. The van der Waals surface area contributed by atoms with Crippen LogP contribution in [0.15, 0.2) is 82.3 Å². The molecule has 140 valence electrons. The van der Waals surface area contributed by atoms with Gasteiger partial charge in [0.15, 0.2) is 0 Å². The van der Waals surface area contributed by atoms with E-state index < -0.39 is 0 Å². The number of thiophene rings is 1. The molecule has 0 aliphatic carbocycles. The van der Waals surface area contributed by atoms with E-state index in [4.69, 9.17) is 0 Å². The average molecular weight is 390 g/mol. The molecule has 0 saturated carbocycles. The number of hydrogen-bond acceptors (Lipinski definition) is 4. The minimum Gasteiger partial charge on any atom is -0.329 e. The first-order valence-electron chi connectivity index (χ1n) is 8.90. The normalized spacial score (nSPS) is 11.8. The molecule has 0 bridgehead atoms. The molecule has 0 aliphatic rings. The number of rotatable bonds is 5. The zero-order chi connectivity index (χ0) is 19.3. The van der Waals surface area contributed by atoms with Crippen LogP contribution in [0.4, 0.5) is 0 Å². The van der Waals surface area contributed by atoms with Crippen LogP contribution in [0.2, 0.25) is 0 Å². The minimum absolute atomic E-state index is 0.127. The average Bonchev–Trinajstić information content (AvgIpc) is 3.19. The van der Waals surface area contributed by atoms with E-state index in [2.05, 4.69) is 9.98 Å². The zero-order valence-electron chi connectivity index (χ0n) is 15.1. The van der Waals surface area contributed by atoms with E-state index in [1.807, 2.05) is 64.7 Å². The molecule has 3 heterocycles. The molecule has 7 heteroatoms. The van der Waals surface area contributed by atoms with E-state index in [1.54, 1.807) is 6.07 Å². The maximum atomic E-state index is 12.4. The third-order valence-electron chi connectivity index (χ3n) is 4.37. The first-order valence-corrected chi connectivity index (χ1v) is 9.78. The fourth-order valence-corrected chi connectivity index (χ4v) is 3.66. The fraction of sp³-hybridized carbons (Fsp3) is 0.143. The summed E-state index contributed by atoms with van der Waals surface area (Å²) in [5, 5.41) is 2.42. The van der Waals surface area contributed by atoms with Crippen LogP contribution in [0.1, 0.15) is 12.0 Å². The van der Waals surface area contributed by atoms with Gasteiger partial charge in [0.05, 0.1) is 11.7 Å². The number of carbonyl (C=O) groups is 1. The monoisotopic (exact) mass is 390 g/mol. The highest BCUT2D eigenvalue weighted by atomic mass is 32.1. The van der Waals surface area contributed by atoms with Crippen molar-refractivity contribution in [2.75, 3.05) is 0 Å². The van der Waals surface area contributed by atoms with Crippen molar-refractivity contribution in [2.24, 2.45) is 4.99 Å². The molecule has 3 aromatic heterocycles. The van der Waals surface area contributed by atoms with Gasteiger partial charge in [-0.15, -0.1) is 11.3 Å². The number of aromatic nitrogens is 3. The lowest BCUT2D eigenvalue weighted by Crippen LogP contribution is -2.24. The summed E-state index contributed by atoms with van der Waals surface area (Å²) in [6, 6.07) is 17.3. The van der Waals surface area contributed by atoms with Crippen molar-refractivity contribution < 1.29 is 4.79 Å². The summed E-state index contributed by atoms with van der Waals surface area (Å²) in [6.07, 6.45) is 3.53. The van der Waals surface area contributed by atoms with E-state index in [9.17, 15) is 9.59 Å². The summed E-state index contributed by atoms with van der Waals surface area (Å²) in [5.41, 5.74) is 1.59.